The number of rotatable bonds is 4. The molecule has 0 aromatic heterocycles. The number of hydrogen-bond donors (Lipinski definition) is 0. The average molecular weight is 300 g/mol. The maximum atomic E-state index is 5.13. The number of alkyl halides is 1. The van der Waals surface area contributed by atoms with Crippen LogP contribution in [0.1, 0.15) is 12.0 Å². The predicted molar refractivity (Wildman–Crippen MR) is 67.4 cm³/mol. The molecule has 0 spiro atoms. The quantitative estimate of drug-likeness (QED) is 0.359. The van der Waals surface area contributed by atoms with Crippen LogP contribution in [0.25, 0.3) is 0 Å². The molecule has 0 saturated carbocycles. The summed E-state index contributed by atoms with van der Waals surface area (Å²) < 4.78 is 6.25. The molecule has 74 valence electrons. The van der Waals surface area contributed by atoms with Gasteiger partial charge in [0.2, 0.25) is 0 Å². The summed E-state index contributed by atoms with van der Waals surface area (Å²) in [6.07, 6.45) is 4.55. The van der Waals surface area contributed by atoms with E-state index < -0.39 is 0 Å². The SMILES string of the molecule is ICCCOC#CCc1ccccc1. The lowest BCUT2D eigenvalue weighted by molar-refractivity contribution is 0.279. The van der Waals surface area contributed by atoms with Gasteiger partial charge in [-0.25, -0.2) is 0 Å². The van der Waals surface area contributed by atoms with E-state index in [4.69, 9.17) is 4.74 Å². The Labute approximate surface area is 99.0 Å². The van der Waals surface area contributed by atoms with E-state index in [0.29, 0.717) is 0 Å². The van der Waals surface area contributed by atoms with Crippen molar-refractivity contribution in [2.24, 2.45) is 0 Å². The van der Waals surface area contributed by atoms with E-state index in [9.17, 15) is 0 Å². The van der Waals surface area contributed by atoms with Gasteiger partial charge in [-0.15, -0.1) is 0 Å². The maximum absolute atomic E-state index is 5.13. The molecule has 1 rings (SSSR count). The van der Waals surface area contributed by atoms with Crippen molar-refractivity contribution < 1.29 is 4.74 Å². The van der Waals surface area contributed by atoms with E-state index in [1.807, 2.05) is 18.2 Å². The standard InChI is InChI=1S/C12H13IO/c13-9-5-11-14-10-4-8-12-6-2-1-3-7-12/h1-3,6-7H,5,8-9,11H2. The van der Waals surface area contributed by atoms with Crippen LogP contribution in [0.2, 0.25) is 0 Å². The van der Waals surface area contributed by atoms with E-state index in [-0.39, 0.29) is 0 Å². The maximum Gasteiger partial charge on any atom is 0.110 e. The van der Waals surface area contributed by atoms with Crippen LogP contribution in [0.5, 0.6) is 0 Å². The molecule has 1 aromatic carbocycles. The van der Waals surface area contributed by atoms with E-state index in [1.165, 1.54) is 5.56 Å². The van der Waals surface area contributed by atoms with Crippen LogP contribution < -0.4 is 0 Å². The van der Waals surface area contributed by atoms with Gasteiger partial charge in [-0.2, -0.15) is 0 Å². The van der Waals surface area contributed by atoms with Gasteiger partial charge in [0.15, 0.2) is 0 Å². The Bertz CT molecular complexity index is 297. The number of ether oxygens (including phenoxy) is 1. The molecule has 0 aliphatic rings. The van der Waals surface area contributed by atoms with Gasteiger partial charge in [0.05, 0.1) is 0 Å². The Morgan fingerprint density at radius 2 is 2.00 bits per heavy atom. The van der Waals surface area contributed by atoms with Gasteiger partial charge in [-0.05, 0) is 12.0 Å². The molecule has 0 amide bonds. The topological polar surface area (TPSA) is 9.23 Å². The lowest BCUT2D eigenvalue weighted by Gasteiger charge is -1.93. The Morgan fingerprint density at radius 1 is 1.21 bits per heavy atom. The van der Waals surface area contributed by atoms with Gasteiger partial charge < -0.3 is 4.74 Å². The molecule has 0 unspecified atom stereocenters. The molecule has 0 bridgehead atoms. The fraction of sp³-hybridized carbons (Fsp3) is 0.333. The summed E-state index contributed by atoms with van der Waals surface area (Å²) in [7, 11) is 0. The van der Waals surface area contributed by atoms with Crippen LogP contribution in [-0.4, -0.2) is 11.0 Å². The molecule has 0 heterocycles. The minimum Gasteiger partial charge on any atom is -0.447 e. The van der Waals surface area contributed by atoms with Crippen molar-refractivity contribution in [1.29, 1.82) is 0 Å². The van der Waals surface area contributed by atoms with Crippen molar-refractivity contribution in [2.45, 2.75) is 12.8 Å². The van der Waals surface area contributed by atoms with E-state index in [0.717, 1.165) is 23.9 Å². The molecule has 1 nitrogen and oxygen atoms in total. The fourth-order valence-corrected chi connectivity index (χ4v) is 1.27. The van der Waals surface area contributed by atoms with Crippen molar-refractivity contribution in [2.75, 3.05) is 11.0 Å². The zero-order valence-electron chi connectivity index (χ0n) is 8.00. The molecule has 0 saturated heterocycles. The molecule has 0 atom stereocenters. The Hall–Kier alpha value is -0.690. The predicted octanol–water partition coefficient (Wildman–Crippen LogP) is 3.03. The first-order valence-electron chi connectivity index (χ1n) is 4.63. The highest BCUT2D eigenvalue weighted by Crippen LogP contribution is 1.97. The monoisotopic (exact) mass is 300 g/mol. The summed E-state index contributed by atoms with van der Waals surface area (Å²) >= 11 is 2.33. The van der Waals surface area contributed by atoms with Crippen molar-refractivity contribution in [3.05, 3.63) is 35.9 Å². The summed E-state index contributed by atoms with van der Waals surface area (Å²) in [5.74, 6) is 2.99. The van der Waals surface area contributed by atoms with Crippen LogP contribution in [0, 0.1) is 12.0 Å². The van der Waals surface area contributed by atoms with Crippen LogP contribution in [0.4, 0.5) is 0 Å². The molecule has 0 radical (unpaired) electrons. The van der Waals surface area contributed by atoms with E-state index in [2.05, 4.69) is 46.8 Å². The summed E-state index contributed by atoms with van der Waals surface area (Å²) in [6.45, 7) is 0.741. The lowest BCUT2D eigenvalue weighted by atomic mass is 10.2. The van der Waals surface area contributed by atoms with Gasteiger partial charge in [0.25, 0.3) is 0 Å². The molecule has 0 aliphatic heterocycles. The largest absolute Gasteiger partial charge is 0.447 e. The lowest BCUT2D eigenvalue weighted by Crippen LogP contribution is -1.88. The van der Waals surface area contributed by atoms with Crippen molar-refractivity contribution >= 4 is 22.6 Å². The molecule has 14 heavy (non-hydrogen) atoms. The number of benzene rings is 1. The van der Waals surface area contributed by atoms with Gasteiger partial charge >= 0.3 is 0 Å². The number of halogens is 1. The Balaban J connectivity index is 2.20. The summed E-state index contributed by atoms with van der Waals surface area (Å²) in [5.41, 5.74) is 1.23. The van der Waals surface area contributed by atoms with Crippen LogP contribution in [-0.2, 0) is 11.2 Å². The zero-order chi connectivity index (χ0) is 10.1. The highest BCUT2D eigenvalue weighted by Gasteiger charge is 1.85. The van der Waals surface area contributed by atoms with Crippen molar-refractivity contribution in [3.8, 4) is 12.0 Å². The Kier molecular flexibility index (Phi) is 6.25. The van der Waals surface area contributed by atoms with Crippen molar-refractivity contribution in [1.82, 2.24) is 0 Å². The highest BCUT2D eigenvalue weighted by molar-refractivity contribution is 14.1. The minimum absolute atomic E-state index is 0.741. The minimum atomic E-state index is 0.741. The Morgan fingerprint density at radius 3 is 2.71 bits per heavy atom. The third kappa shape index (κ3) is 5.13. The molecule has 0 N–H and O–H groups in total. The smallest absolute Gasteiger partial charge is 0.110 e. The summed E-state index contributed by atoms with van der Waals surface area (Å²) in [6, 6.07) is 10.2. The molecule has 1 aromatic rings. The first-order valence-corrected chi connectivity index (χ1v) is 6.15. The second kappa shape index (κ2) is 7.69. The van der Waals surface area contributed by atoms with Gasteiger partial charge in [-0.3, -0.25) is 0 Å². The van der Waals surface area contributed by atoms with E-state index >= 15 is 0 Å². The second-order valence-corrected chi connectivity index (χ2v) is 3.91. The molecular formula is C12H13IO. The third-order valence-corrected chi connectivity index (χ3v) is 2.42. The van der Waals surface area contributed by atoms with Crippen LogP contribution >= 0.6 is 22.6 Å². The molecule has 0 aliphatic carbocycles. The summed E-state index contributed by atoms with van der Waals surface area (Å²) in [4.78, 5) is 0. The van der Waals surface area contributed by atoms with Gasteiger partial charge in [0.1, 0.15) is 12.7 Å². The number of hydrogen-bond acceptors (Lipinski definition) is 1. The van der Waals surface area contributed by atoms with Crippen LogP contribution in [0.3, 0.4) is 0 Å². The highest BCUT2D eigenvalue weighted by atomic mass is 127. The molecule has 2 heteroatoms. The van der Waals surface area contributed by atoms with Gasteiger partial charge in [-0.1, -0.05) is 58.8 Å². The first-order chi connectivity index (χ1) is 6.93. The van der Waals surface area contributed by atoms with Crippen molar-refractivity contribution in [3.63, 3.8) is 0 Å². The zero-order valence-corrected chi connectivity index (χ0v) is 10.2. The second-order valence-electron chi connectivity index (χ2n) is 2.83. The van der Waals surface area contributed by atoms with Gasteiger partial charge in [0, 0.05) is 10.8 Å². The first kappa shape index (κ1) is 11.4. The van der Waals surface area contributed by atoms with E-state index in [1.54, 1.807) is 0 Å². The summed E-state index contributed by atoms with van der Waals surface area (Å²) in [5, 5.41) is 0. The third-order valence-electron chi connectivity index (χ3n) is 1.66. The fourth-order valence-electron chi connectivity index (χ4n) is 0.963. The van der Waals surface area contributed by atoms with Crippen LogP contribution in [0.15, 0.2) is 30.3 Å². The average Bonchev–Trinajstić information content (AvgIpc) is 2.25. The normalized spacial score (nSPS) is 8.93. The molecule has 0 fully saturated rings. The molecular weight excluding hydrogens is 287 g/mol.